The molecule has 1 aromatic carbocycles. The number of hydrogen-bond acceptors (Lipinski definition) is 3. The van der Waals surface area contributed by atoms with Gasteiger partial charge in [0.05, 0.1) is 6.20 Å². The molecule has 1 aromatic heterocycles. The van der Waals surface area contributed by atoms with Crippen molar-refractivity contribution < 1.29 is 9.32 Å². The summed E-state index contributed by atoms with van der Waals surface area (Å²) in [6.07, 6.45) is 6.12. The normalized spacial score (nSPS) is 15.8. The van der Waals surface area contributed by atoms with Crippen molar-refractivity contribution in [2.24, 2.45) is 0 Å². The number of carbonyl (C=O) groups is 1. The van der Waals surface area contributed by atoms with Gasteiger partial charge in [-0.3, -0.25) is 4.79 Å². The van der Waals surface area contributed by atoms with E-state index in [1.807, 2.05) is 36.1 Å². The topological polar surface area (TPSA) is 46.3 Å². The van der Waals surface area contributed by atoms with Crippen molar-refractivity contribution in [2.45, 2.75) is 32.6 Å². The Labute approximate surface area is 124 Å². The number of nitrogens with zero attached hydrogens (tertiary/aromatic N) is 2. The summed E-state index contributed by atoms with van der Waals surface area (Å²) in [4.78, 5) is 14.6. The summed E-state index contributed by atoms with van der Waals surface area (Å²) >= 11 is 0. The highest BCUT2D eigenvalue weighted by atomic mass is 16.5. The molecule has 2 aromatic rings. The van der Waals surface area contributed by atoms with E-state index in [9.17, 15) is 4.79 Å². The fourth-order valence-corrected chi connectivity index (χ4v) is 2.75. The fraction of sp³-hybridized carbons (Fsp3) is 0.412. The Kier molecular flexibility index (Phi) is 4.04. The third-order valence-corrected chi connectivity index (χ3v) is 4.01. The molecule has 0 unspecified atom stereocenters. The second kappa shape index (κ2) is 6.12. The molecule has 1 aliphatic rings. The fourth-order valence-electron chi connectivity index (χ4n) is 2.75. The Morgan fingerprint density at radius 3 is 2.43 bits per heavy atom. The number of aryl methyl sites for hydroxylation is 1. The highest BCUT2D eigenvalue weighted by Gasteiger charge is 2.23. The molecule has 110 valence electrons. The SMILES string of the molecule is Cc1ccc(-c2oncc2C(=O)N2CCCCCC2)cc1. The highest BCUT2D eigenvalue weighted by Crippen LogP contribution is 2.25. The van der Waals surface area contributed by atoms with Crippen LogP contribution in [-0.4, -0.2) is 29.1 Å². The van der Waals surface area contributed by atoms with E-state index < -0.39 is 0 Å². The van der Waals surface area contributed by atoms with Crippen LogP contribution in [-0.2, 0) is 0 Å². The molecular formula is C17H20N2O2. The summed E-state index contributed by atoms with van der Waals surface area (Å²) in [6.45, 7) is 3.70. The number of hydrogen-bond donors (Lipinski definition) is 0. The zero-order valence-corrected chi connectivity index (χ0v) is 12.3. The molecule has 0 aliphatic carbocycles. The van der Waals surface area contributed by atoms with Crippen molar-refractivity contribution in [1.82, 2.24) is 10.1 Å². The standard InChI is InChI=1S/C17H20N2O2/c1-13-6-8-14(9-7-13)16-15(12-18-21-16)17(20)19-10-4-2-3-5-11-19/h6-9,12H,2-5,10-11H2,1H3. The van der Waals surface area contributed by atoms with Crippen molar-refractivity contribution in [2.75, 3.05) is 13.1 Å². The summed E-state index contributed by atoms with van der Waals surface area (Å²) in [5.41, 5.74) is 2.65. The van der Waals surface area contributed by atoms with E-state index in [1.165, 1.54) is 18.4 Å². The minimum Gasteiger partial charge on any atom is -0.355 e. The number of benzene rings is 1. The number of rotatable bonds is 2. The van der Waals surface area contributed by atoms with E-state index in [-0.39, 0.29) is 5.91 Å². The van der Waals surface area contributed by atoms with Gasteiger partial charge in [-0.25, -0.2) is 0 Å². The van der Waals surface area contributed by atoms with Crippen LogP contribution in [0.1, 0.15) is 41.6 Å². The lowest BCUT2D eigenvalue weighted by Crippen LogP contribution is -2.31. The molecule has 1 saturated heterocycles. The van der Waals surface area contributed by atoms with Gasteiger partial charge in [0.2, 0.25) is 0 Å². The predicted octanol–water partition coefficient (Wildman–Crippen LogP) is 3.67. The van der Waals surface area contributed by atoms with E-state index in [1.54, 1.807) is 6.20 Å². The number of carbonyl (C=O) groups excluding carboxylic acids is 1. The van der Waals surface area contributed by atoms with Crippen LogP contribution in [0.25, 0.3) is 11.3 Å². The predicted molar refractivity (Wildman–Crippen MR) is 81.0 cm³/mol. The lowest BCUT2D eigenvalue weighted by molar-refractivity contribution is 0.0762. The van der Waals surface area contributed by atoms with Crippen LogP contribution >= 0.6 is 0 Å². The molecule has 0 N–H and O–H groups in total. The Balaban J connectivity index is 1.87. The van der Waals surface area contributed by atoms with E-state index in [0.29, 0.717) is 11.3 Å². The van der Waals surface area contributed by atoms with Gasteiger partial charge >= 0.3 is 0 Å². The van der Waals surface area contributed by atoms with E-state index in [2.05, 4.69) is 5.16 Å². The molecule has 0 saturated carbocycles. The minimum absolute atomic E-state index is 0.0359. The number of likely N-dealkylation sites (tertiary alicyclic amines) is 1. The molecule has 4 nitrogen and oxygen atoms in total. The molecular weight excluding hydrogens is 264 g/mol. The van der Waals surface area contributed by atoms with Gasteiger partial charge in [-0.2, -0.15) is 0 Å². The highest BCUT2D eigenvalue weighted by molar-refractivity contribution is 5.99. The molecule has 0 bridgehead atoms. The van der Waals surface area contributed by atoms with Crippen LogP contribution in [0.15, 0.2) is 35.0 Å². The van der Waals surface area contributed by atoms with Crippen molar-refractivity contribution in [1.29, 1.82) is 0 Å². The molecule has 1 fully saturated rings. The summed E-state index contributed by atoms with van der Waals surface area (Å²) in [6, 6.07) is 7.96. The van der Waals surface area contributed by atoms with Gasteiger partial charge in [0, 0.05) is 18.7 Å². The van der Waals surface area contributed by atoms with Gasteiger partial charge in [0.1, 0.15) is 5.56 Å². The monoisotopic (exact) mass is 284 g/mol. The average molecular weight is 284 g/mol. The third kappa shape index (κ3) is 2.99. The minimum atomic E-state index is 0.0359. The molecule has 0 spiro atoms. The number of amides is 1. The molecule has 4 heteroatoms. The maximum absolute atomic E-state index is 12.7. The van der Waals surface area contributed by atoms with Gasteiger partial charge in [-0.1, -0.05) is 47.8 Å². The van der Waals surface area contributed by atoms with Crippen LogP contribution in [0.2, 0.25) is 0 Å². The third-order valence-electron chi connectivity index (χ3n) is 4.01. The molecule has 0 radical (unpaired) electrons. The van der Waals surface area contributed by atoms with Crippen molar-refractivity contribution in [3.05, 3.63) is 41.6 Å². The van der Waals surface area contributed by atoms with Gasteiger partial charge in [-0.05, 0) is 19.8 Å². The maximum Gasteiger partial charge on any atom is 0.259 e. The summed E-state index contributed by atoms with van der Waals surface area (Å²) in [7, 11) is 0. The lowest BCUT2D eigenvalue weighted by Gasteiger charge is -2.19. The smallest absolute Gasteiger partial charge is 0.259 e. The van der Waals surface area contributed by atoms with Crippen LogP contribution in [0.3, 0.4) is 0 Å². The summed E-state index contributed by atoms with van der Waals surface area (Å²) < 4.78 is 5.34. The molecule has 3 rings (SSSR count). The first-order valence-electron chi connectivity index (χ1n) is 7.57. The van der Waals surface area contributed by atoms with Gasteiger partial charge in [-0.15, -0.1) is 0 Å². The quantitative estimate of drug-likeness (QED) is 0.845. The van der Waals surface area contributed by atoms with Crippen molar-refractivity contribution in [3.8, 4) is 11.3 Å². The Morgan fingerprint density at radius 1 is 1.10 bits per heavy atom. The first-order chi connectivity index (χ1) is 10.3. The molecule has 1 aliphatic heterocycles. The van der Waals surface area contributed by atoms with Crippen molar-refractivity contribution in [3.63, 3.8) is 0 Å². The van der Waals surface area contributed by atoms with Crippen LogP contribution in [0, 0.1) is 6.92 Å². The van der Waals surface area contributed by atoms with Gasteiger partial charge in [0.25, 0.3) is 5.91 Å². The summed E-state index contributed by atoms with van der Waals surface area (Å²) in [5, 5.41) is 3.84. The molecule has 1 amide bonds. The molecule has 2 heterocycles. The Bertz CT molecular complexity index is 608. The zero-order valence-electron chi connectivity index (χ0n) is 12.3. The Morgan fingerprint density at radius 2 is 1.76 bits per heavy atom. The van der Waals surface area contributed by atoms with Gasteiger partial charge < -0.3 is 9.42 Å². The first kappa shape index (κ1) is 13.9. The van der Waals surface area contributed by atoms with E-state index in [0.717, 1.165) is 31.5 Å². The number of aromatic nitrogens is 1. The van der Waals surface area contributed by atoms with Crippen molar-refractivity contribution >= 4 is 5.91 Å². The van der Waals surface area contributed by atoms with Crippen LogP contribution in [0.5, 0.6) is 0 Å². The summed E-state index contributed by atoms with van der Waals surface area (Å²) in [5.74, 6) is 0.609. The molecule has 0 atom stereocenters. The second-order valence-electron chi connectivity index (χ2n) is 5.64. The zero-order chi connectivity index (χ0) is 14.7. The maximum atomic E-state index is 12.7. The van der Waals surface area contributed by atoms with E-state index >= 15 is 0 Å². The van der Waals surface area contributed by atoms with Crippen LogP contribution in [0.4, 0.5) is 0 Å². The van der Waals surface area contributed by atoms with Gasteiger partial charge in [0.15, 0.2) is 5.76 Å². The average Bonchev–Trinajstić information content (AvgIpc) is 2.82. The van der Waals surface area contributed by atoms with Crippen LogP contribution < -0.4 is 0 Å². The second-order valence-corrected chi connectivity index (χ2v) is 5.64. The van der Waals surface area contributed by atoms with E-state index in [4.69, 9.17) is 4.52 Å². The first-order valence-corrected chi connectivity index (χ1v) is 7.57. The molecule has 21 heavy (non-hydrogen) atoms. The lowest BCUT2D eigenvalue weighted by atomic mass is 10.1. The largest absolute Gasteiger partial charge is 0.355 e. The Hall–Kier alpha value is -2.10.